The van der Waals surface area contributed by atoms with Crippen LogP contribution in [-0.2, 0) is 14.3 Å². The second-order valence-electron chi connectivity index (χ2n) is 5.94. The van der Waals surface area contributed by atoms with Crippen LogP contribution in [0.5, 0.6) is 0 Å². The van der Waals surface area contributed by atoms with E-state index in [0.29, 0.717) is 19.6 Å². The van der Waals surface area contributed by atoms with Gasteiger partial charge in [0, 0.05) is 19.7 Å². The zero-order valence-electron chi connectivity index (χ0n) is 12.2. The summed E-state index contributed by atoms with van der Waals surface area (Å²) in [6, 6.07) is -0.233. The maximum Gasteiger partial charge on any atom is 0.308 e. The zero-order chi connectivity index (χ0) is 14.8. The van der Waals surface area contributed by atoms with Gasteiger partial charge in [-0.2, -0.15) is 0 Å². The van der Waals surface area contributed by atoms with Crippen molar-refractivity contribution in [1.29, 1.82) is 0 Å². The van der Waals surface area contributed by atoms with E-state index in [-0.39, 0.29) is 11.9 Å². The van der Waals surface area contributed by atoms with Crippen LogP contribution in [0.3, 0.4) is 0 Å². The fourth-order valence-corrected chi connectivity index (χ4v) is 3.46. The molecule has 6 nitrogen and oxygen atoms in total. The lowest BCUT2D eigenvalue weighted by Crippen LogP contribution is -2.53. The quantitative estimate of drug-likeness (QED) is 0.777. The van der Waals surface area contributed by atoms with Gasteiger partial charge in [-0.3, -0.25) is 9.59 Å². The monoisotopic (exact) mass is 284 g/mol. The molecule has 0 aromatic carbocycles. The van der Waals surface area contributed by atoms with Crippen LogP contribution >= 0.6 is 0 Å². The number of nitrogens with zero attached hydrogens (tertiary/aromatic N) is 1. The van der Waals surface area contributed by atoms with Crippen molar-refractivity contribution >= 4 is 11.9 Å². The molecular formula is C14H24N2O4. The Hall–Kier alpha value is -1.14. The molecule has 0 bridgehead atoms. The third-order valence-corrected chi connectivity index (χ3v) is 4.77. The number of methoxy groups -OCH3 is 1. The molecule has 114 valence electrons. The predicted molar refractivity (Wildman–Crippen MR) is 73.3 cm³/mol. The van der Waals surface area contributed by atoms with Crippen molar-refractivity contribution in [3.8, 4) is 0 Å². The molecule has 0 radical (unpaired) electrons. The summed E-state index contributed by atoms with van der Waals surface area (Å²) in [5, 5.41) is 12.4. The fraction of sp³-hybridized carbons (Fsp3) is 0.857. The highest BCUT2D eigenvalue weighted by Gasteiger charge is 2.47. The Morgan fingerprint density at radius 2 is 2.05 bits per heavy atom. The lowest BCUT2D eigenvalue weighted by Gasteiger charge is -2.40. The van der Waals surface area contributed by atoms with Crippen LogP contribution in [-0.4, -0.2) is 61.3 Å². The third-order valence-electron chi connectivity index (χ3n) is 4.77. The van der Waals surface area contributed by atoms with Gasteiger partial charge in [0.25, 0.3) is 0 Å². The summed E-state index contributed by atoms with van der Waals surface area (Å²) in [6.07, 6.45) is 2.05. The smallest absolute Gasteiger partial charge is 0.308 e. The van der Waals surface area contributed by atoms with E-state index >= 15 is 0 Å². The number of nitrogens with one attached hydrogen (secondary N) is 1. The van der Waals surface area contributed by atoms with E-state index in [1.54, 1.807) is 12.0 Å². The van der Waals surface area contributed by atoms with Gasteiger partial charge in [-0.25, -0.2) is 0 Å². The number of ether oxygens (including phenoxy) is 1. The van der Waals surface area contributed by atoms with E-state index in [2.05, 4.69) is 5.32 Å². The maximum absolute atomic E-state index is 12.9. The molecule has 2 rings (SSSR count). The number of carbonyl (C=O) groups is 2. The van der Waals surface area contributed by atoms with Crippen molar-refractivity contribution in [2.75, 3.05) is 33.4 Å². The highest BCUT2D eigenvalue weighted by molar-refractivity contribution is 5.85. The van der Waals surface area contributed by atoms with Crippen LogP contribution < -0.4 is 5.32 Å². The van der Waals surface area contributed by atoms with Crippen LogP contribution in [0, 0.1) is 11.3 Å². The van der Waals surface area contributed by atoms with Gasteiger partial charge in [0.15, 0.2) is 0 Å². The molecule has 0 aliphatic carbocycles. The number of amides is 1. The van der Waals surface area contributed by atoms with Gasteiger partial charge in [0.1, 0.15) is 0 Å². The molecule has 1 amide bonds. The van der Waals surface area contributed by atoms with Crippen molar-refractivity contribution in [1.82, 2.24) is 10.2 Å². The third kappa shape index (κ3) is 2.67. The molecule has 0 spiro atoms. The summed E-state index contributed by atoms with van der Waals surface area (Å²) in [5.74, 6) is -1.18. The van der Waals surface area contributed by atoms with Crippen LogP contribution in [0.15, 0.2) is 0 Å². The number of hydrogen-bond donors (Lipinski definition) is 2. The van der Waals surface area contributed by atoms with Crippen molar-refractivity contribution in [3.05, 3.63) is 0 Å². The van der Waals surface area contributed by atoms with Crippen molar-refractivity contribution in [3.63, 3.8) is 0 Å². The molecule has 0 aromatic rings. The van der Waals surface area contributed by atoms with Gasteiger partial charge in [-0.05, 0) is 39.3 Å². The number of carboxylic acid groups (broad SMARTS) is 1. The highest BCUT2D eigenvalue weighted by Crippen LogP contribution is 2.35. The van der Waals surface area contributed by atoms with E-state index in [1.165, 1.54) is 0 Å². The molecule has 2 saturated heterocycles. The first-order valence-electron chi connectivity index (χ1n) is 7.25. The molecule has 2 heterocycles. The average molecular weight is 284 g/mol. The number of carbonyl (C=O) groups excluding carboxylic acids is 1. The van der Waals surface area contributed by atoms with E-state index in [0.717, 1.165) is 25.9 Å². The van der Waals surface area contributed by atoms with E-state index in [4.69, 9.17) is 4.74 Å². The Balaban J connectivity index is 2.14. The lowest BCUT2D eigenvalue weighted by molar-refractivity contribution is -0.150. The first-order valence-corrected chi connectivity index (χ1v) is 7.25. The molecule has 2 atom stereocenters. The molecule has 6 heteroatoms. The molecule has 2 aliphatic heterocycles. The van der Waals surface area contributed by atoms with Crippen LogP contribution in [0.4, 0.5) is 0 Å². The normalized spacial score (nSPS) is 29.4. The van der Waals surface area contributed by atoms with Gasteiger partial charge in [0.2, 0.25) is 5.91 Å². The number of piperidine rings is 1. The highest BCUT2D eigenvalue weighted by atomic mass is 16.5. The minimum atomic E-state index is -0.807. The topological polar surface area (TPSA) is 78.9 Å². The largest absolute Gasteiger partial charge is 0.481 e. The van der Waals surface area contributed by atoms with Gasteiger partial charge in [0.05, 0.1) is 17.9 Å². The van der Waals surface area contributed by atoms with Crippen LogP contribution in [0.2, 0.25) is 0 Å². The van der Waals surface area contributed by atoms with Gasteiger partial charge < -0.3 is 20.1 Å². The molecule has 2 N–H and O–H groups in total. The Kier molecular flexibility index (Phi) is 4.65. The van der Waals surface area contributed by atoms with Crippen molar-refractivity contribution in [2.24, 2.45) is 11.3 Å². The van der Waals surface area contributed by atoms with Gasteiger partial charge >= 0.3 is 5.97 Å². The number of hydrogen-bond acceptors (Lipinski definition) is 4. The SMILES string of the molecule is COCC1(C(=O)N2CCC(C(=O)O)C2C)CCNCC1. The molecule has 2 unspecified atom stereocenters. The van der Waals surface area contributed by atoms with E-state index in [9.17, 15) is 14.7 Å². The van der Waals surface area contributed by atoms with Crippen molar-refractivity contribution < 1.29 is 19.4 Å². The lowest BCUT2D eigenvalue weighted by atomic mass is 9.78. The number of rotatable bonds is 4. The average Bonchev–Trinajstić information content (AvgIpc) is 2.81. The van der Waals surface area contributed by atoms with Crippen molar-refractivity contribution in [2.45, 2.75) is 32.2 Å². The molecular weight excluding hydrogens is 260 g/mol. The second kappa shape index (κ2) is 6.10. The standard InChI is InChI=1S/C14H24N2O4/c1-10-11(12(17)18)3-8-16(10)13(19)14(9-20-2)4-6-15-7-5-14/h10-11,15H,3-9H2,1-2H3,(H,17,18). The first-order chi connectivity index (χ1) is 9.52. The summed E-state index contributed by atoms with van der Waals surface area (Å²) in [6.45, 7) is 4.40. The Labute approximate surface area is 119 Å². The number of aliphatic carboxylic acids is 1. The maximum atomic E-state index is 12.9. The van der Waals surface area contributed by atoms with Crippen LogP contribution in [0.1, 0.15) is 26.2 Å². The van der Waals surface area contributed by atoms with E-state index < -0.39 is 17.3 Å². The minimum absolute atomic E-state index is 0.0668. The minimum Gasteiger partial charge on any atom is -0.481 e. The molecule has 20 heavy (non-hydrogen) atoms. The van der Waals surface area contributed by atoms with Crippen LogP contribution in [0.25, 0.3) is 0 Å². The zero-order valence-corrected chi connectivity index (χ0v) is 12.2. The number of likely N-dealkylation sites (tertiary alicyclic amines) is 1. The Morgan fingerprint density at radius 3 is 2.55 bits per heavy atom. The molecule has 2 fully saturated rings. The summed E-state index contributed by atoms with van der Waals surface area (Å²) in [7, 11) is 1.62. The molecule has 2 aliphatic rings. The summed E-state index contributed by atoms with van der Waals surface area (Å²) < 4.78 is 5.28. The first kappa shape index (κ1) is 15.3. The molecule has 0 saturated carbocycles. The number of carboxylic acids is 1. The molecule has 0 aromatic heterocycles. The summed E-state index contributed by atoms with van der Waals surface area (Å²) >= 11 is 0. The Bertz CT molecular complexity index is 374. The Morgan fingerprint density at radius 1 is 1.40 bits per heavy atom. The summed E-state index contributed by atoms with van der Waals surface area (Å²) in [5.41, 5.74) is -0.484. The van der Waals surface area contributed by atoms with Gasteiger partial charge in [-0.1, -0.05) is 0 Å². The predicted octanol–water partition coefficient (Wildman–Crippen LogP) is 0.324. The fourth-order valence-electron chi connectivity index (χ4n) is 3.46. The van der Waals surface area contributed by atoms with Gasteiger partial charge in [-0.15, -0.1) is 0 Å². The van der Waals surface area contributed by atoms with E-state index in [1.807, 2.05) is 6.92 Å². The summed E-state index contributed by atoms with van der Waals surface area (Å²) in [4.78, 5) is 25.9. The second-order valence-corrected chi connectivity index (χ2v) is 5.94.